The largest absolute Gasteiger partial charge is 0.508 e. The fourth-order valence-electron chi connectivity index (χ4n) is 1.60. The second-order valence-corrected chi connectivity index (χ2v) is 4.04. The summed E-state index contributed by atoms with van der Waals surface area (Å²) >= 11 is 0. The van der Waals surface area contributed by atoms with E-state index >= 15 is 0 Å². The van der Waals surface area contributed by atoms with Gasteiger partial charge in [-0.05, 0) is 36.2 Å². The number of hydrogen-bond donors (Lipinski definition) is 3. The number of aromatic hydroxyl groups is 1. The first-order valence-corrected chi connectivity index (χ1v) is 5.62. The Morgan fingerprint density at radius 1 is 1.28 bits per heavy atom. The molecular weight excluding hydrogens is 230 g/mol. The quantitative estimate of drug-likeness (QED) is 0.746. The lowest BCUT2D eigenvalue weighted by atomic mass is 10.1. The minimum atomic E-state index is -0.628. The Morgan fingerprint density at radius 2 is 1.89 bits per heavy atom. The van der Waals surface area contributed by atoms with Crippen LogP contribution in [0, 0.1) is 0 Å². The zero-order valence-corrected chi connectivity index (χ0v) is 9.78. The minimum Gasteiger partial charge on any atom is -0.508 e. The molecule has 1 amide bonds. The van der Waals surface area contributed by atoms with Crippen molar-refractivity contribution >= 4 is 5.91 Å². The molecule has 0 bridgehead atoms. The molecule has 1 atom stereocenters. The molecule has 4 N–H and O–H groups in total. The molecule has 0 radical (unpaired) electrons. The van der Waals surface area contributed by atoms with E-state index in [0.29, 0.717) is 6.42 Å². The number of nitrogens with two attached hydrogens (primary N) is 1. The topological polar surface area (TPSA) is 80.3 Å². The van der Waals surface area contributed by atoms with Crippen LogP contribution in [0.5, 0.6) is 5.75 Å². The molecule has 0 aliphatic rings. The monoisotopic (exact) mass is 245 g/mol. The second kappa shape index (κ2) is 5.37. The summed E-state index contributed by atoms with van der Waals surface area (Å²) in [4.78, 5) is 11.8. The van der Waals surface area contributed by atoms with Crippen molar-refractivity contribution in [2.75, 3.05) is 5.43 Å². The summed E-state index contributed by atoms with van der Waals surface area (Å²) in [6.45, 7) is 0. The first kappa shape index (κ1) is 12.2. The van der Waals surface area contributed by atoms with E-state index in [1.54, 1.807) is 41.3 Å². The van der Waals surface area contributed by atoms with Crippen LogP contribution in [0.25, 0.3) is 0 Å². The fraction of sp³-hybridized carbons (Fsp3) is 0.154. The highest BCUT2D eigenvalue weighted by molar-refractivity contribution is 5.88. The van der Waals surface area contributed by atoms with Crippen molar-refractivity contribution in [2.45, 2.75) is 12.5 Å². The molecule has 0 unspecified atom stereocenters. The maximum absolute atomic E-state index is 11.8. The lowest BCUT2D eigenvalue weighted by Gasteiger charge is -2.12. The van der Waals surface area contributed by atoms with Crippen molar-refractivity contribution in [3.8, 4) is 5.75 Å². The van der Waals surface area contributed by atoms with Crippen LogP contribution in [-0.2, 0) is 11.2 Å². The first-order chi connectivity index (χ1) is 8.65. The minimum absolute atomic E-state index is 0.198. The van der Waals surface area contributed by atoms with Crippen molar-refractivity contribution in [1.29, 1.82) is 0 Å². The third kappa shape index (κ3) is 3.11. The van der Waals surface area contributed by atoms with Gasteiger partial charge < -0.3 is 10.8 Å². The number of rotatable bonds is 4. The van der Waals surface area contributed by atoms with Gasteiger partial charge in [-0.25, -0.2) is 0 Å². The Hall–Kier alpha value is -2.27. The maximum Gasteiger partial charge on any atom is 0.256 e. The molecule has 1 heterocycles. The molecule has 0 saturated carbocycles. The maximum atomic E-state index is 11.8. The van der Waals surface area contributed by atoms with Gasteiger partial charge in [-0.15, -0.1) is 0 Å². The molecule has 0 aliphatic carbocycles. The Balaban J connectivity index is 1.93. The van der Waals surface area contributed by atoms with Crippen molar-refractivity contribution in [3.05, 3.63) is 54.4 Å². The molecule has 0 saturated heterocycles. The van der Waals surface area contributed by atoms with Crippen LogP contribution in [0.1, 0.15) is 5.56 Å². The predicted octanol–water partition coefficient (Wildman–Crippen LogP) is 0.834. The van der Waals surface area contributed by atoms with Crippen LogP contribution in [0.4, 0.5) is 0 Å². The molecule has 5 nitrogen and oxygen atoms in total. The van der Waals surface area contributed by atoms with Gasteiger partial charge in [0.2, 0.25) is 0 Å². The highest BCUT2D eigenvalue weighted by Gasteiger charge is 2.13. The zero-order valence-electron chi connectivity index (χ0n) is 9.78. The number of phenols is 1. The van der Waals surface area contributed by atoms with Crippen LogP contribution >= 0.6 is 0 Å². The summed E-state index contributed by atoms with van der Waals surface area (Å²) in [6, 6.07) is 9.64. The van der Waals surface area contributed by atoms with Crippen molar-refractivity contribution in [1.82, 2.24) is 4.68 Å². The predicted molar refractivity (Wildman–Crippen MR) is 68.6 cm³/mol. The summed E-state index contributed by atoms with van der Waals surface area (Å²) in [6.07, 6.45) is 3.88. The van der Waals surface area contributed by atoms with Gasteiger partial charge in [-0.2, -0.15) is 0 Å². The van der Waals surface area contributed by atoms with Crippen LogP contribution in [0.3, 0.4) is 0 Å². The van der Waals surface area contributed by atoms with E-state index in [1.165, 1.54) is 0 Å². The zero-order chi connectivity index (χ0) is 13.0. The lowest BCUT2D eigenvalue weighted by molar-refractivity contribution is -0.118. The molecular formula is C13H15N3O2. The third-order valence-corrected chi connectivity index (χ3v) is 2.57. The van der Waals surface area contributed by atoms with Gasteiger partial charge in [0.05, 0.1) is 6.04 Å². The summed E-state index contributed by atoms with van der Waals surface area (Å²) < 4.78 is 1.55. The smallest absolute Gasteiger partial charge is 0.256 e. The summed E-state index contributed by atoms with van der Waals surface area (Å²) in [7, 11) is 0. The first-order valence-electron chi connectivity index (χ1n) is 5.62. The molecule has 0 fully saturated rings. The Bertz CT molecular complexity index is 506. The third-order valence-electron chi connectivity index (χ3n) is 2.57. The Morgan fingerprint density at radius 3 is 2.50 bits per heavy atom. The van der Waals surface area contributed by atoms with E-state index in [4.69, 9.17) is 10.8 Å². The molecule has 2 aromatic rings. The number of carbonyl (C=O) groups excluding carboxylic acids is 1. The molecule has 0 aliphatic heterocycles. The van der Waals surface area contributed by atoms with Gasteiger partial charge in [0.15, 0.2) is 0 Å². The number of carbonyl (C=O) groups is 1. The van der Waals surface area contributed by atoms with Gasteiger partial charge in [0.1, 0.15) is 5.75 Å². The van der Waals surface area contributed by atoms with Gasteiger partial charge in [-0.1, -0.05) is 12.1 Å². The molecule has 2 rings (SSSR count). The van der Waals surface area contributed by atoms with Crippen LogP contribution in [-0.4, -0.2) is 21.7 Å². The molecule has 1 aromatic carbocycles. The fourth-order valence-corrected chi connectivity index (χ4v) is 1.60. The Labute approximate surface area is 105 Å². The summed E-state index contributed by atoms with van der Waals surface area (Å²) in [5, 5.41) is 9.16. The second-order valence-electron chi connectivity index (χ2n) is 4.04. The van der Waals surface area contributed by atoms with Crippen molar-refractivity contribution in [2.24, 2.45) is 5.73 Å². The van der Waals surface area contributed by atoms with Crippen LogP contribution in [0.2, 0.25) is 0 Å². The van der Waals surface area contributed by atoms with Gasteiger partial charge in [0, 0.05) is 12.4 Å². The molecule has 18 heavy (non-hydrogen) atoms. The van der Waals surface area contributed by atoms with Crippen LogP contribution in [0.15, 0.2) is 48.8 Å². The molecule has 94 valence electrons. The standard InChI is InChI=1S/C13H15N3O2/c14-12(9-10-3-5-11(17)6-4-10)13(18)15-16-7-1-2-8-16/h1-8,12,17H,9,14H2,(H,15,18)/t12-/m0/s1. The van der Waals surface area contributed by atoms with Gasteiger partial charge in [-0.3, -0.25) is 14.9 Å². The summed E-state index contributed by atoms with van der Waals surface area (Å²) in [5.74, 6) is -0.0524. The summed E-state index contributed by atoms with van der Waals surface area (Å²) in [5.41, 5.74) is 9.38. The number of nitrogens with one attached hydrogen (secondary N) is 1. The highest BCUT2D eigenvalue weighted by atomic mass is 16.3. The number of benzene rings is 1. The number of aromatic nitrogens is 1. The molecule has 5 heteroatoms. The SMILES string of the molecule is N[C@@H](Cc1ccc(O)cc1)C(=O)Nn1cccc1. The number of nitrogens with zero attached hydrogens (tertiary/aromatic N) is 1. The highest BCUT2D eigenvalue weighted by Crippen LogP contribution is 2.10. The van der Waals surface area contributed by atoms with Crippen molar-refractivity contribution < 1.29 is 9.90 Å². The van der Waals surface area contributed by atoms with E-state index in [-0.39, 0.29) is 11.7 Å². The normalized spacial score (nSPS) is 12.1. The van der Waals surface area contributed by atoms with Gasteiger partial charge >= 0.3 is 0 Å². The molecule has 0 spiro atoms. The Kier molecular flexibility index (Phi) is 3.64. The van der Waals surface area contributed by atoms with Crippen LogP contribution < -0.4 is 11.2 Å². The van der Waals surface area contributed by atoms with E-state index in [1.807, 2.05) is 12.1 Å². The van der Waals surface area contributed by atoms with E-state index in [9.17, 15) is 4.79 Å². The average molecular weight is 245 g/mol. The number of phenolic OH excluding ortho intramolecular Hbond substituents is 1. The van der Waals surface area contributed by atoms with Gasteiger partial charge in [0.25, 0.3) is 5.91 Å². The number of amides is 1. The van der Waals surface area contributed by atoms with Crippen molar-refractivity contribution in [3.63, 3.8) is 0 Å². The lowest BCUT2D eigenvalue weighted by Crippen LogP contribution is -2.40. The van der Waals surface area contributed by atoms with E-state index in [0.717, 1.165) is 5.56 Å². The van der Waals surface area contributed by atoms with E-state index < -0.39 is 6.04 Å². The van der Waals surface area contributed by atoms with E-state index in [2.05, 4.69) is 5.43 Å². The average Bonchev–Trinajstić information content (AvgIpc) is 2.85. The number of hydrogen-bond acceptors (Lipinski definition) is 3. The molecule has 1 aromatic heterocycles.